The van der Waals surface area contributed by atoms with Gasteiger partial charge in [-0.3, -0.25) is 4.90 Å². The van der Waals surface area contributed by atoms with Crippen LogP contribution in [0.3, 0.4) is 0 Å². The fraction of sp³-hybridized carbons (Fsp3) is 0.333. The van der Waals surface area contributed by atoms with E-state index in [1.54, 1.807) is 18.2 Å². The van der Waals surface area contributed by atoms with Gasteiger partial charge in [-0.2, -0.15) is 13.2 Å². The van der Waals surface area contributed by atoms with Crippen LogP contribution in [0.4, 0.5) is 19.0 Å². The van der Waals surface area contributed by atoms with Gasteiger partial charge in [-0.15, -0.1) is 0 Å². The van der Waals surface area contributed by atoms with Crippen LogP contribution in [-0.4, -0.2) is 32.5 Å². The van der Waals surface area contributed by atoms with Crippen LogP contribution >= 0.6 is 0 Å². The van der Waals surface area contributed by atoms with Crippen LogP contribution in [0.5, 0.6) is 11.5 Å². The smallest absolute Gasteiger partial charge is 0.419 e. The lowest BCUT2D eigenvalue weighted by atomic mass is 10.1. The van der Waals surface area contributed by atoms with E-state index in [0.717, 1.165) is 41.3 Å². The summed E-state index contributed by atoms with van der Waals surface area (Å²) in [5, 5.41) is 0.740. The number of nitrogens with two attached hydrogens (primary N) is 1. The van der Waals surface area contributed by atoms with Gasteiger partial charge in [0.2, 0.25) is 0 Å². The maximum atomic E-state index is 13.9. The Morgan fingerprint density at radius 1 is 1.03 bits per heavy atom. The van der Waals surface area contributed by atoms with E-state index in [2.05, 4.69) is 9.97 Å². The van der Waals surface area contributed by atoms with Gasteiger partial charge in [0.05, 0.1) is 10.9 Å². The molecule has 36 heavy (non-hydrogen) atoms. The molecule has 0 unspecified atom stereocenters. The Bertz CT molecular complexity index is 1340. The molecular formula is C27H30F3N5O. The summed E-state index contributed by atoms with van der Waals surface area (Å²) in [4.78, 5) is 10.6. The van der Waals surface area contributed by atoms with Gasteiger partial charge in [-0.1, -0.05) is 38.1 Å². The van der Waals surface area contributed by atoms with Crippen molar-refractivity contribution >= 4 is 16.9 Å². The Hall–Kier alpha value is -3.59. The third kappa shape index (κ3) is 5.02. The molecule has 2 heterocycles. The molecule has 0 amide bonds. The van der Waals surface area contributed by atoms with Crippen LogP contribution in [0.15, 0.2) is 55.0 Å². The van der Waals surface area contributed by atoms with Gasteiger partial charge in [0, 0.05) is 29.9 Å². The molecule has 0 saturated carbocycles. The van der Waals surface area contributed by atoms with Crippen LogP contribution in [0.2, 0.25) is 0 Å². The molecule has 0 atom stereocenters. The minimum absolute atomic E-state index is 0.154. The lowest BCUT2D eigenvalue weighted by Crippen LogP contribution is -2.23. The van der Waals surface area contributed by atoms with Gasteiger partial charge in [-0.05, 0) is 50.7 Å². The molecule has 2 aromatic heterocycles. The zero-order valence-corrected chi connectivity index (χ0v) is 20.8. The molecule has 0 bridgehead atoms. The van der Waals surface area contributed by atoms with Crippen LogP contribution < -0.4 is 10.5 Å². The third-order valence-electron chi connectivity index (χ3n) is 6.27. The Kier molecular flexibility index (Phi) is 7.21. The second-order valence-electron chi connectivity index (χ2n) is 8.88. The van der Waals surface area contributed by atoms with Gasteiger partial charge < -0.3 is 15.0 Å². The third-order valence-corrected chi connectivity index (χ3v) is 6.27. The fourth-order valence-electron chi connectivity index (χ4n) is 4.28. The normalized spacial score (nSPS) is 12.1. The maximum Gasteiger partial charge on any atom is 0.419 e. The van der Waals surface area contributed by atoms with Crippen LogP contribution in [0.25, 0.3) is 22.2 Å². The second kappa shape index (κ2) is 10.2. The molecule has 2 N–H and O–H groups in total. The van der Waals surface area contributed by atoms with E-state index in [1.165, 1.54) is 12.4 Å². The summed E-state index contributed by atoms with van der Waals surface area (Å²) in [5.41, 5.74) is 8.29. The van der Waals surface area contributed by atoms with Crippen molar-refractivity contribution in [2.45, 2.75) is 46.5 Å². The first-order valence-corrected chi connectivity index (χ1v) is 11.9. The lowest BCUT2D eigenvalue weighted by Gasteiger charge is -2.22. The molecule has 2 aromatic carbocycles. The monoisotopic (exact) mass is 497 g/mol. The van der Waals surface area contributed by atoms with Crippen LogP contribution in [-0.2, 0) is 12.7 Å². The SMILES string of the molecule is CCN(CC)Cc1cccc(C(F)(F)F)c1Oc1ccc(-c2cn(C(C)C)c3ncnc(N)c23)cc1. The lowest BCUT2D eigenvalue weighted by molar-refractivity contribution is -0.138. The number of ether oxygens (including phenoxy) is 1. The van der Waals surface area contributed by atoms with E-state index in [0.29, 0.717) is 23.7 Å². The van der Waals surface area contributed by atoms with Gasteiger partial charge in [-0.25, -0.2) is 9.97 Å². The highest BCUT2D eigenvalue weighted by Crippen LogP contribution is 2.41. The van der Waals surface area contributed by atoms with Crippen molar-refractivity contribution in [2.75, 3.05) is 18.8 Å². The number of nitrogens with zero attached hydrogens (tertiary/aromatic N) is 4. The van der Waals surface area contributed by atoms with Crippen molar-refractivity contribution < 1.29 is 17.9 Å². The predicted octanol–water partition coefficient (Wildman–Crippen LogP) is 6.91. The van der Waals surface area contributed by atoms with E-state index in [1.807, 2.05) is 55.5 Å². The number of alkyl halides is 3. The van der Waals surface area contributed by atoms with Crippen molar-refractivity contribution in [2.24, 2.45) is 0 Å². The molecule has 0 fully saturated rings. The topological polar surface area (TPSA) is 69.2 Å². The number of fused-ring (bicyclic) bond motifs is 1. The van der Waals surface area contributed by atoms with Crippen LogP contribution in [0.1, 0.15) is 44.9 Å². The van der Waals surface area contributed by atoms with Crippen molar-refractivity contribution in [1.82, 2.24) is 19.4 Å². The van der Waals surface area contributed by atoms with E-state index < -0.39 is 11.7 Å². The molecule has 9 heteroatoms. The summed E-state index contributed by atoms with van der Waals surface area (Å²) in [7, 11) is 0. The zero-order valence-electron chi connectivity index (χ0n) is 20.8. The first-order valence-electron chi connectivity index (χ1n) is 11.9. The molecule has 0 aliphatic heterocycles. The quantitative estimate of drug-likeness (QED) is 0.286. The number of nitrogen functional groups attached to an aromatic ring is 1. The molecule has 0 radical (unpaired) electrons. The number of para-hydroxylation sites is 1. The molecular weight excluding hydrogens is 467 g/mol. The number of benzene rings is 2. The summed E-state index contributed by atoms with van der Waals surface area (Å²) in [6.45, 7) is 9.85. The summed E-state index contributed by atoms with van der Waals surface area (Å²) < 4.78 is 49.5. The summed E-state index contributed by atoms with van der Waals surface area (Å²) in [5.74, 6) is 0.515. The minimum Gasteiger partial charge on any atom is -0.456 e. The molecule has 0 aliphatic carbocycles. The molecule has 0 spiro atoms. The zero-order chi connectivity index (χ0) is 26.0. The Labute approximate surface area is 208 Å². The average molecular weight is 498 g/mol. The number of rotatable bonds is 8. The second-order valence-corrected chi connectivity index (χ2v) is 8.88. The highest BCUT2D eigenvalue weighted by Gasteiger charge is 2.35. The van der Waals surface area contributed by atoms with Crippen molar-refractivity contribution in [3.8, 4) is 22.6 Å². The summed E-state index contributed by atoms with van der Waals surface area (Å²) in [6.07, 6.45) is -1.13. The first kappa shape index (κ1) is 25.5. The number of halogens is 3. The number of aromatic nitrogens is 3. The highest BCUT2D eigenvalue weighted by molar-refractivity contribution is 6.00. The van der Waals surface area contributed by atoms with Crippen molar-refractivity contribution in [1.29, 1.82) is 0 Å². The highest BCUT2D eigenvalue weighted by atomic mass is 19.4. The van der Waals surface area contributed by atoms with Gasteiger partial charge in [0.25, 0.3) is 0 Å². The van der Waals surface area contributed by atoms with Crippen molar-refractivity contribution in [3.63, 3.8) is 0 Å². The van der Waals surface area contributed by atoms with Gasteiger partial charge >= 0.3 is 6.18 Å². The first-order chi connectivity index (χ1) is 17.1. The standard InChI is InChI=1S/C27H30F3N5O/c1-5-34(6-2)14-19-8-7-9-22(27(28,29)30)24(19)36-20-12-10-18(11-13-20)21-15-35(17(3)4)26-23(21)25(31)32-16-33-26/h7-13,15-17H,5-6,14H2,1-4H3,(H2,31,32,33). The van der Waals surface area contributed by atoms with E-state index >= 15 is 0 Å². The molecule has 4 aromatic rings. The molecule has 0 saturated heterocycles. The summed E-state index contributed by atoms with van der Waals surface area (Å²) in [6, 6.07) is 11.3. The molecule has 0 aliphatic rings. The molecule has 190 valence electrons. The van der Waals surface area contributed by atoms with Gasteiger partial charge in [0.1, 0.15) is 29.3 Å². The van der Waals surface area contributed by atoms with Crippen LogP contribution in [0, 0.1) is 0 Å². The Morgan fingerprint density at radius 2 is 1.72 bits per heavy atom. The van der Waals surface area contributed by atoms with E-state index in [-0.39, 0.29) is 11.8 Å². The Balaban J connectivity index is 1.72. The maximum absolute atomic E-state index is 13.9. The molecule has 6 nitrogen and oxygen atoms in total. The summed E-state index contributed by atoms with van der Waals surface area (Å²) >= 11 is 0. The average Bonchev–Trinajstić information content (AvgIpc) is 3.24. The predicted molar refractivity (Wildman–Crippen MR) is 136 cm³/mol. The van der Waals surface area contributed by atoms with Crippen molar-refractivity contribution in [3.05, 3.63) is 66.1 Å². The van der Waals surface area contributed by atoms with E-state index in [4.69, 9.17) is 10.5 Å². The number of anilines is 1. The van der Waals surface area contributed by atoms with Gasteiger partial charge in [0.15, 0.2) is 0 Å². The number of hydrogen-bond acceptors (Lipinski definition) is 5. The minimum atomic E-state index is -4.54. The molecule has 4 rings (SSSR count). The Morgan fingerprint density at radius 3 is 2.33 bits per heavy atom. The van der Waals surface area contributed by atoms with E-state index in [9.17, 15) is 13.2 Å². The number of hydrogen-bond donors (Lipinski definition) is 1. The fourth-order valence-corrected chi connectivity index (χ4v) is 4.28. The largest absolute Gasteiger partial charge is 0.456 e.